The summed E-state index contributed by atoms with van der Waals surface area (Å²) in [6, 6.07) is 3.04. The van der Waals surface area contributed by atoms with Gasteiger partial charge in [0, 0.05) is 0 Å². The Morgan fingerprint density at radius 1 is 0.767 bits per heavy atom. The van der Waals surface area contributed by atoms with Crippen LogP contribution >= 0.6 is 0 Å². The number of allylic oxidation sites excluding steroid dienone is 8. The van der Waals surface area contributed by atoms with Gasteiger partial charge in [0.2, 0.25) is 0 Å². The Kier molecular flexibility index (Phi) is 8.87. The Hall–Kier alpha value is 1.07. The van der Waals surface area contributed by atoms with Crippen molar-refractivity contribution >= 4 is 21.6 Å². The Labute approximate surface area is 208 Å². The first kappa shape index (κ1) is 27.3. The summed E-state index contributed by atoms with van der Waals surface area (Å²) in [5.41, 5.74) is 7.41. The van der Waals surface area contributed by atoms with E-state index in [1.807, 2.05) is 32.7 Å². The smallest absolute Gasteiger partial charge is 1.00 e. The Balaban J connectivity index is 0.00000160. The first-order valence-electron chi connectivity index (χ1n) is 11.6. The molecule has 0 aromatic heterocycles. The minimum atomic E-state index is -1.69. The molecule has 2 aliphatic heterocycles. The van der Waals surface area contributed by atoms with Gasteiger partial charge in [0.25, 0.3) is 0 Å². The molecule has 0 bridgehead atoms. The van der Waals surface area contributed by atoms with E-state index in [2.05, 4.69) is 65.3 Å². The SMILES string of the molecule is CC1=CC2=C(CCC[Si]2(C)C)[CH]1[Zr+2]([CH]1C(C)=CC2=C1CCC[Si]2(C)C)=[Si](C)C.[Cl-].[Cl-]. The largest absolute Gasteiger partial charge is 1.00 e. The third-order valence-electron chi connectivity index (χ3n) is 8.20. The summed E-state index contributed by atoms with van der Waals surface area (Å²) in [5, 5.41) is 3.82. The van der Waals surface area contributed by atoms with Gasteiger partial charge in [-0.15, -0.1) is 0 Å². The fourth-order valence-corrected chi connectivity index (χ4v) is 35.1. The van der Waals surface area contributed by atoms with Crippen LogP contribution in [0.5, 0.6) is 0 Å². The summed E-state index contributed by atoms with van der Waals surface area (Å²) in [5.74, 6) is 0. The van der Waals surface area contributed by atoms with E-state index in [-0.39, 0.29) is 30.2 Å². The summed E-state index contributed by atoms with van der Waals surface area (Å²) in [4.78, 5) is 0. The van der Waals surface area contributed by atoms with Crippen molar-refractivity contribution in [3.63, 3.8) is 0 Å². The average Bonchev–Trinajstić information content (AvgIpc) is 3.08. The summed E-state index contributed by atoms with van der Waals surface area (Å²) in [6.07, 6.45) is 11.3. The molecule has 4 rings (SSSR count). The second kappa shape index (κ2) is 9.75. The second-order valence-corrected chi connectivity index (χ2v) is 38.9. The van der Waals surface area contributed by atoms with Crippen LogP contribution in [0.15, 0.2) is 44.8 Å². The van der Waals surface area contributed by atoms with Crippen molar-refractivity contribution in [1.29, 1.82) is 0 Å². The maximum Gasteiger partial charge on any atom is -1.00 e. The number of rotatable bonds is 2. The van der Waals surface area contributed by atoms with E-state index in [4.69, 9.17) is 0 Å². The zero-order valence-corrected chi connectivity index (χ0v) is 27.3. The molecule has 0 spiro atoms. The number of halogens is 2. The van der Waals surface area contributed by atoms with Crippen LogP contribution in [0.3, 0.4) is 0 Å². The molecule has 2 aliphatic carbocycles. The molecule has 4 aliphatic rings. The molecular formula is C24H40Cl2Si3Zr. The maximum absolute atomic E-state index is 2.74. The van der Waals surface area contributed by atoms with Gasteiger partial charge in [-0.2, -0.15) is 0 Å². The van der Waals surface area contributed by atoms with Crippen LogP contribution in [-0.2, 0) is 20.4 Å². The molecule has 30 heavy (non-hydrogen) atoms. The van der Waals surface area contributed by atoms with Crippen molar-refractivity contribution in [3.05, 3.63) is 44.8 Å². The predicted molar refractivity (Wildman–Crippen MR) is 130 cm³/mol. The summed E-state index contributed by atoms with van der Waals surface area (Å²) in [7, 11) is -2.35. The minimum Gasteiger partial charge on any atom is -1.00 e. The van der Waals surface area contributed by atoms with Crippen molar-refractivity contribution in [1.82, 2.24) is 0 Å². The monoisotopic (exact) mass is 572 g/mol. The summed E-state index contributed by atoms with van der Waals surface area (Å²) >= 11 is -1.69. The predicted octanol–water partition coefficient (Wildman–Crippen LogP) is 2.04. The molecule has 0 amide bonds. The topological polar surface area (TPSA) is 0 Å². The molecule has 0 saturated carbocycles. The molecule has 166 valence electrons. The third-order valence-corrected chi connectivity index (χ3v) is 35.3. The van der Waals surface area contributed by atoms with Crippen molar-refractivity contribution in [3.8, 4) is 0 Å². The molecule has 0 radical (unpaired) electrons. The molecule has 0 nitrogen and oxygen atoms in total. The van der Waals surface area contributed by atoms with E-state index in [0.29, 0.717) is 0 Å². The van der Waals surface area contributed by atoms with Gasteiger partial charge in [-0.1, -0.05) is 0 Å². The first-order valence-corrected chi connectivity index (χ1v) is 27.0. The van der Waals surface area contributed by atoms with Crippen molar-refractivity contribution < 1.29 is 45.2 Å². The van der Waals surface area contributed by atoms with Gasteiger partial charge in [-0.3, -0.25) is 0 Å². The molecule has 0 aromatic carbocycles. The van der Waals surface area contributed by atoms with E-state index < -0.39 is 36.5 Å². The minimum absolute atomic E-state index is 0. The standard InChI is InChI=1S/2C11H17Si.C2H6Si.2ClH.Zr/c2*1-9-7-10-5-4-6-12(2,3)11(10)8-9;1-3-2;;;/h2*7-8H,4-6H2,1-3H3;1-2H3;2*1H;/q;;;;;+2/p-2. The fraction of sp³-hybridized carbons (Fsp3) is 0.667. The molecule has 0 N–H and O–H groups in total. The Bertz CT molecular complexity index is 820. The van der Waals surface area contributed by atoms with Crippen LogP contribution in [0, 0.1) is 0 Å². The van der Waals surface area contributed by atoms with Crippen LogP contribution in [0.4, 0.5) is 0 Å². The van der Waals surface area contributed by atoms with Gasteiger partial charge in [0.1, 0.15) is 0 Å². The van der Waals surface area contributed by atoms with Gasteiger partial charge in [0.15, 0.2) is 0 Å². The van der Waals surface area contributed by atoms with Crippen LogP contribution < -0.4 is 24.8 Å². The Morgan fingerprint density at radius 2 is 1.13 bits per heavy atom. The molecule has 2 atom stereocenters. The third kappa shape index (κ3) is 4.54. The normalized spacial score (nSPS) is 28.4. The average molecular weight is 575 g/mol. The summed E-state index contributed by atoms with van der Waals surface area (Å²) in [6.45, 7) is 21.1. The molecule has 0 aromatic rings. The number of hydrogen-bond acceptors (Lipinski definition) is 0. The van der Waals surface area contributed by atoms with E-state index in [1.165, 1.54) is 37.8 Å². The first-order chi connectivity index (χ1) is 13.0. The van der Waals surface area contributed by atoms with E-state index >= 15 is 0 Å². The van der Waals surface area contributed by atoms with Crippen LogP contribution in [-0.4, -0.2) is 21.6 Å². The van der Waals surface area contributed by atoms with Gasteiger partial charge >= 0.3 is 185 Å². The maximum atomic E-state index is 2.74. The van der Waals surface area contributed by atoms with Gasteiger partial charge in [-0.25, -0.2) is 0 Å². The van der Waals surface area contributed by atoms with E-state index in [1.54, 1.807) is 0 Å². The second-order valence-electron chi connectivity index (χ2n) is 11.5. The molecule has 6 heteroatoms. The van der Waals surface area contributed by atoms with E-state index in [0.717, 1.165) is 7.25 Å². The van der Waals surface area contributed by atoms with E-state index in [9.17, 15) is 0 Å². The molecule has 2 heterocycles. The molecule has 0 saturated heterocycles. The molecule has 2 unspecified atom stereocenters. The molecule has 0 fully saturated rings. The van der Waals surface area contributed by atoms with Crippen molar-refractivity contribution in [2.24, 2.45) is 0 Å². The van der Waals surface area contributed by atoms with Gasteiger partial charge in [0.05, 0.1) is 0 Å². The van der Waals surface area contributed by atoms with Gasteiger partial charge < -0.3 is 24.8 Å². The van der Waals surface area contributed by atoms with Crippen molar-refractivity contribution in [2.75, 3.05) is 0 Å². The molecular weight excluding hydrogens is 535 g/mol. The van der Waals surface area contributed by atoms with Crippen LogP contribution in [0.2, 0.25) is 58.6 Å². The van der Waals surface area contributed by atoms with Crippen LogP contribution in [0.25, 0.3) is 0 Å². The van der Waals surface area contributed by atoms with Crippen LogP contribution in [0.1, 0.15) is 39.5 Å². The number of hydrogen-bond donors (Lipinski definition) is 0. The van der Waals surface area contributed by atoms with Crippen molar-refractivity contribution in [2.45, 2.75) is 98.2 Å². The quantitative estimate of drug-likeness (QED) is 0.443. The van der Waals surface area contributed by atoms with Gasteiger partial charge in [-0.05, 0) is 0 Å². The fourth-order valence-electron chi connectivity index (χ4n) is 6.81. The zero-order chi connectivity index (χ0) is 20.4. The summed E-state index contributed by atoms with van der Waals surface area (Å²) < 4.78 is 1.92. The Morgan fingerprint density at radius 3 is 1.47 bits per heavy atom. The zero-order valence-electron chi connectivity index (χ0n) is 20.3.